The van der Waals surface area contributed by atoms with Crippen LogP contribution in [0.5, 0.6) is 0 Å². The number of aliphatic hydroxyl groups excluding tert-OH is 1. The molecule has 2 aromatic heterocycles. The SMILES string of the molecule is O=C(c1cnc2ccccc2n1)N(CCO)Cc1ncc[nH]1. The first-order valence-corrected chi connectivity index (χ1v) is 6.88. The molecule has 0 fully saturated rings. The number of aliphatic hydroxyl groups is 1. The molecular weight excluding hydrogens is 282 g/mol. The van der Waals surface area contributed by atoms with Crippen LogP contribution in [0.1, 0.15) is 16.3 Å². The summed E-state index contributed by atoms with van der Waals surface area (Å²) in [6.07, 6.45) is 4.76. The van der Waals surface area contributed by atoms with Gasteiger partial charge in [-0.1, -0.05) is 12.1 Å². The Morgan fingerprint density at radius 3 is 2.77 bits per heavy atom. The fourth-order valence-corrected chi connectivity index (χ4v) is 2.16. The number of nitrogens with zero attached hydrogens (tertiary/aromatic N) is 4. The highest BCUT2D eigenvalue weighted by Crippen LogP contribution is 2.11. The second-order valence-corrected chi connectivity index (χ2v) is 4.73. The third kappa shape index (κ3) is 2.94. The summed E-state index contributed by atoms with van der Waals surface area (Å²) in [6.45, 7) is 0.350. The van der Waals surface area contributed by atoms with Gasteiger partial charge in [-0.05, 0) is 12.1 Å². The van der Waals surface area contributed by atoms with Crippen LogP contribution in [-0.2, 0) is 6.54 Å². The zero-order chi connectivity index (χ0) is 15.4. The number of nitrogens with one attached hydrogen (secondary N) is 1. The number of fused-ring (bicyclic) bond motifs is 1. The number of H-pyrrole nitrogens is 1. The summed E-state index contributed by atoms with van der Waals surface area (Å²) in [6, 6.07) is 7.36. The van der Waals surface area contributed by atoms with Crippen LogP contribution in [0.2, 0.25) is 0 Å². The fourth-order valence-electron chi connectivity index (χ4n) is 2.16. The third-order valence-electron chi connectivity index (χ3n) is 3.22. The second kappa shape index (κ2) is 6.31. The molecule has 7 nitrogen and oxygen atoms in total. The van der Waals surface area contributed by atoms with Gasteiger partial charge in [0.1, 0.15) is 11.5 Å². The van der Waals surface area contributed by atoms with E-state index in [-0.39, 0.29) is 31.3 Å². The van der Waals surface area contributed by atoms with Crippen LogP contribution in [0.25, 0.3) is 11.0 Å². The Hall–Kier alpha value is -2.80. The topological polar surface area (TPSA) is 95.0 Å². The zero-order valence-corrected chi connectivity index (χ0v) is 11.8. The number of amides is 1. The number of para-hydroxylation sites is 2. The minimum atomic E-state index is -0.288. The molecule has 0 atom stereocenters. The van der Waals surface area contributed by atoms with Crippen LogP contribution < -0.4 is 0 Å². The van der Waals surface area contributed by atoms with Gasteiger partial charge >= 0.3 is 0 Å². The maximum atomic E-state index is 12.6. The largest absolute Gasteiger partial charge is 0.395 e. The van der Waals surface area contributed by atoms with E-state index in [1.165, 1.54) is 11.1 Å². The van der Waals surface area contributed by atoms with Gasteiger partial charge < -0.3 is 15.0 Å². The molecule has 22 heavy (non-hydrogen) atoms. The van der Waals surface area contributed by atoms with Crippen molar-refractivity contribution in [3.8, 4) is 0 Å². The Morgan fingerprint density at radius 1 is 1.23 bits per heavy atom. The number of rotatable bonds is 5. The Kier molecular flexibility index (Phi) is 4.06. The van der Waals surface area contributed by atoms with E-state index in [9.17, 15) is 9.90 Å². The van der Waals surface area contributed by atoms with Crippen LogP contribution in [0.4, 0.5) is 0 Å². The molecule has 0 spiro atoms. The standard InChI is InChI=1S/C15H15N5O2/c21-8-7-20(10-14-16-5-6-17-14)15(22)13-9-18-11-3-1-2-4-12(11)19-13/h1-6,9,21H,7-8,10H2,(H,16,17). The van der Waals surface area contributed by atoms with E-state index < -0.39 is 0 Å². The summed E-state index contributed by atoms with van der Waals surface area (Å²) >= 11 is 0. The Bertz CT molecular complexity index is 772. The molecule has 3 aromatic rings. The van der Waals surface area contributed by atoms with Gasteiger partial charge in [-0.15, -0.1) is 0 Å². The number of imidazole rings is 1. The van der Waals surface area contributed by atoms with Crippen LogP contribution >= 0.6 is 0 Å². The molecule has 2 heterocycles. The number of hydrogen-bond acceptors (Lipinski definition) is 5. The number of hydrogen-bond donors (Lipinski definition) is 2. The summed E-state index contributed by atoms with van der Waals surface area (Å²) < 4.78 is 0. The van der Waals surface area contributed by atoms with Gasteiger partial charge in [-0.2, -0.15) is 0 Å². The molecule has 0 saturated carbocycles. The number of aromatic nitrogens is 4. The van der Waals surface area contributed by atoms with Gasteiger partial charge in [0.05, 0.1) is 30.4 Å². The normalized spacial score (nSPS) is 10.8. The van der Waals surface area contributed by atoms with E-state index in [1.54, 1.807) is 12.4 Å². The third-order valence-corrected chi connectivity index (χ3v) is 3.22. The minimum Gasteiger partial charge on any atom is -0.395 e. The maximum absolute atomic E-state index is 12.6. The predicted octanol–water partition coefficient (Wildman–Crippen LogP) is 0.988. The monoisotopic (exact) mass is 297 g/mol. The molecular formula is C15H15N5O2. The van der Waals surface area contributed by atoms with Crippen molar-refractivity contribution in [1.82, 2.24) is 24.8 Å². The first-order chi connectivity index (χ1) is 10.8. The molecule has 0 aliphatic carbocycles. The van der Waals surface area contributed by atoms with E-state index in [2.05, 4.69) is 19.9 Å². The Balaban J connectivity index is 1.87. The minimum absolute atomic E-state index is 0.131. The van der Waals surface area contributed by atoms with E-state index >= 15 is 0 Å². The van der Waals surface area contributed by atoms with Crippen LogP contribution in [-0.4, -0.2) is 49.0 Å². The van der Waals surface area contributed by atoms with Crippen LogP contribution in [0.3, 0.4) is 0 Å². The first kappa shape index (κ1) is 14.2. The lowest BCUT2D eigenvalue weighted by Crippen LogP contribution is -2.34. The van der Waals surface area contributed by atoms with E-state index in [0.29, 0.717) is 11.3 Å². The van der Waals surface area contributed by atoms with Crippen molar-refractivity contribution >= 4 is 16.9 Å². The number of benzene rings is 1. The summed E-state index contributed by atoms with van der Waals surface area (Å²) in [7, 11) is 0. The van der Waals surface area contributed by atoms with Crippen molar-refractivity contribution < 1.29 is 9.90 Å². The Morgan fingerprint density at radius 2 is 2.05 bits per heavy atom. The highest BCUT2D eigenvalue weighted by Gasteiger charge is 2.18. The second-order valence-electron chi connectivity index (χ2n) is 4.73. The molecule has 0 bridgehead atoms. The highest BCUT2D eigenvalue weighted by molar-refractivity contribution is 5.93. The Labute approximate surface area is 126 Å². The van der Waals surface area contributed by atoms with Crippen molar-refractivity contribution in [2.24, 2.45) is 0 Å². The van der Waals surface area contributed by atoms with E-state index in [1.807, 2.05) is 24.3 Å². The molecule has 0 aliphatic heterocycles. The number of aromatic amines is 1. The summed E-state index contributed by atoms with van der Waals surface area (Å²) in [5, 5.41) is 9.17. The van der Waals surface area contributed by atoms with Gasteiger partial charge in [0.25, 0.3) is 5.91 Å². The van der Waals surface area contributed by atoms with Crippen molar-refractivity contribution in [3.05, 3.63) is 54.4 Å². The summed E-state index contributed by atoms with van der Waals surface area (Å²) in [4.78, 5) is 29.7. The van der Waals surface area contributed by atoms with Crippen molar-refractivity contribution in [2.45, 2.75) is 6.54 Å². The molecule has 7 heteroatoms. The van der Waals surface area contributed by atoms with Gasteiger partial charge in [0.15, 0.2) is 0 Å². The maximum Gasteiger partial charge on any atom is 0.274 e. The molecule has 0 saturated heterocycles. The number of carbonyl (C=O) groups excluding carboxylic acids is 1. The van der Waals surface area contributed by atoms with Gasteiger partial charge in [-0.3, -0.25) is 9.78 Å². The lowest BCUT2D eigenvalue weighted by molar-refractivity contribution is 0.0697. The average molecular weight is 297 g/mol. The van der Waals surface area contributed by atoms with Gasteiger partial charge in [0.2, 0.25) is 0 Å². The quantitative estimate of drug-likeness (QED) is 0.732. The molecule has 3 rings (SSSR count). The summed E-state index contributed by atoms with van der Waals surface area (Å²) in [5.41, 5.74) is 1.65. The zero-order valence-electron chi connectivity index (χ0n) is 11.8. The molecule has 1 aromatic carbocycles. The summed E-state index contributed by atoms with van der Waals surface area (Å²) in [5.74, 6) is 0.360. The van der Waals surface area contributed by atoms with Gasteiger partial charge in [0, 0.05) is 18.9 Å². The lowest BCUT2D eigenvalue weighted by Gasteiger charge is -2.20. The van der Waals surface area contributed by atoms with E-state index in [4.69, 9.17) is 0 Å². The molecule has 2 N–H and O–H groups in total. The molecule has 0 unspecified atom stereocenters. The van der Waals surface area contributed by atoms with Crippen LogP contribution in [0.15, 0.2) is 42.9 Å². The molecule has 0 aliphatic rings. The number of carbonyl (C=O) groups is 1. The smallest absolute Gasteiger partial charge is 0.274 e. The van der Waals surface area contributed by atoms with E-state index in [0.717, 1.165) is 5.52 Å². The van der Waals surface area contributed by atoms with Gasteiger partial charge in [-0.25, -0.2) is 9.97 Å². The first-order valence-electron chi connectivity index (χ1n) is 6.88. The van der Waals surface area contributed by atoms with Crippen molar-refractivity contribution in [3.63, 3.8) is 0 Å². The fraction of sp³-hybridized carbons (Fsp3) is 0.200. The van der Waals surface area contributed by atoms with Crippen LogP contribution in [0, 0.1) is 0 Å². The van der Waals surface area contributed by atoms with Crippen molar-refractivity contribution in [1.29, 1.82) is 0 Å². The average Bonchev–Trinajstić information content (AvgIpc) is 3.06. The molecule has 112 valence electrons. The predicted molar refractivity (Wildman–Crippen MR) is 80.0 cm³/mol. The lowest BCUT2D eigenvalue weighted by atomic mass is 10.3. The molecule has 1 amide bonds. The van der Waals surface area contributed by atoms with Crippen molar-refractivity contribution in [2.75, 3.05) is 13.2 Å². The molecule has 0 radical (unpaired) electrons. The highest BCUT2D eigenvalue weighted by atomic mass is 16.3.